The summed E-state index contributed by atoms with van der Waals surface area (Å²) in [7, 11) is 0. The van der Waals surface area contributed by atoms with E-state index in [2.05, 4.69) is 30.3 Å². The number of carbonyl (C=O) groups excluding carboxylic acids is 1. The summed E-state index contributed by atoms with van der Waals surface area (Å²) in [4.78, 5) is 11.4. The molecule has 2 rings (SSSR count). The zero-order valence-corrected chi connectivity index (χ0v) is 9.99. The van der Waals surface area contributed by atoms with Crippen LogP contribution < -0.4 is 0 Å². The molecule has 1 aromatic rings. The van der Waals surface area contributed by atoms with Gasteiger partial charge >= 0.3 is 0 Å². The molecule has 0 bridgehead atoms. The smallest absolute Gasteiger partial charge is 0.132 e. The Morgan fingerprint density at radius 2 is 2.00 bits per heavy atom. The second-order valence-electron chi connectivity index (χ2n) is 5.03. The molecular weight excluding hydrogens is 196 g/mol. The number of carbonyl (C=O) groups is 1. The lowest BCUT2D eigenvalue weighted by Gasteiger charge is -2.27. The Labute approximate surface area is 97.9 Å². The zero-order valence-electron chi connectivity index (χ0n) is 9.99. The molecule has 0 saturated heterocycles. The molecule has 0 radical (unpaired) electrons. The third-order valence-corrected chi connectivity index (χ3v) is 3.72. The predicted molar refractivity (Wildman–Crippen MR) is 66.3 cm³/mol. The largest absolute Gasteiger partial charge is 0.300 e. The molecule has 16 heavy (non-hydrogen) atoms. The second-order valence-corrected chi connectivity index (χ2v) is 5.03. The Hall–Kier alpha value is -1.11. The van der Waals surface area contributed by atoms with Gasteiger partial charge in [0.05, 0.1) is 0 Å². The summed E-state index contributed by atoms with van der Waals surface area (Å²) in [5, 5.41) is 0. The first kappa shape index (κ1) is 11.4. The van der Waals surface area contributed by atoms with Crippen molar-refractivity contribution in [3.8, 4) is 0 Å². The van der Waals surface area contributed by atoms with Gasteiger partial charge in [-0.15, -0.1) is 0 Å². The highest BCUT2D eigenvalue weighted by molar-refractivity contribution is 5.78. The van der Waals surface area contributed by atoms with E-state index in [-0.39, 0.29) is 0 Å². The van der Waals surface area contributed by atoms with Crippen LogP contribution in [0.25, 0.3) is 0 Å². The lowest BCUT2D eigenvalue weighted by Crippen LogP contribution is -2.22. The van der Waals surface area contributed by atoms with Crippen molar-refractivity contribution in [1.29, 1.82) is 0 Å². The Balaban J connectivity index is 1.93. The molecule has 0 aliphatic heterocycles. The molecule has 1 unspecified atom stereocenters. The van der Waals surface area contributed by atoms with Gasteiger partial charge in [-0.2, -0.15) is 0 Å². The highest BCUT2D eigenvalue weighted by Crippen LogP contribution is 2.31. The first-order chi connectivity index (χ1) is 7.75. The summed E-state index contributed by atoms with van der Waals surface area (Å²) < 4.78 is 0. The summed E-state index contributed by atoms with van der Waals surface area (Å²) in [6.07, 6.45) is 5.87. The van der Waals surface area contributed by atoms with Crippen molar-refractivity contribution in [2.24, 2.45) is 11.8 Å². The van der Waals surface area contributed by atoms with Gasteiger partial charge in [0, 0.05) is 5.92 Å². The Kier molecular flexibility index (Phi) is 3.76. The SMILES string of the molecule is CC(=O)[C@@H]1CCCC(Cc2ccccc2)C1. The summed E-state index contributed by atoms with van der Waals surface area (Å²) in [5.74, 6) is 1.44. The topological polar surface area (TPSA) is 17.1 Å². The van der Waals surface area contributed by atoms with E-state index in [0.717, 1.165) is 19.3 Å². The molecule has 86 valence electrons. The third kappa shape index (κ3) is 2.94. The van der Waals surface area contributed by atoms with E-state index < -0.39 is 0 Å². The van der Waals surface area contributed by atoms with Gasteiger partial charge in [-0.05, 0) is 37.7 Å². The maximum Gasteiger partial charge on any atom is 0.132 e. The summed E-state index contributed by atoms with van der Waals surface area (Å²) in [6.45, 7) is 1.75. The highest BCUT2D eigenvalue weighted by atomic mass is 16.1. The lowest BCUT2D eigenvalue weighted by atomic mass is 9.77. The molecule has 1 heteroatoms. The van der Waals surface area contributed by atoms with E-state index in [1.54, 1.807) is 6.92 Å². The van der Waals surface area contributed by atoms with Crippen LogP contribution in [0.2, 0.25) is 0 Å². The van der Waals surface area contributed by atoms with E-state index in [0.29, 0.717) is 17.6 Å². The fourth-order valence-electron chi connectivity index (χ4n) is 2.79. The average molecular weight is 216 g/mol. The summed E-state index contributed by atoms with van der Waals surface area (Å²) in [6, 6.07) is 10.6. The van der Waals surface area contributed by atoms with Crippen LogP contribution in [0.1, 0.15) is 38.2 Å². The Bertz CT molecular complexity index is 342. The molecule has 1 aromatic carbocycles. The maximum absolute atomic E-state index is 11.4. The molecule has 2 atom stereocenters. The van der Waals surface area contributed by atoms with Crippen molar-refractivity contribution in [2.45, 2.75) is 39.0 Å². The van der Waals surface area contributed by atoms with Gasteiger partial charge in [-0.3, -0.25) is 4.79 Å². The molecule has 1 saturated carbocycles. The molecular formula is C15H20O. The van der Waals surface area contributed by atoms with E-state index in [4.69, 9.17) is 0 Å². The van der Waals surface area contributed by atoms with E-state index in [1.165, 1.54) is 18.4 Å². The molecule has 1 aliphatic carbocycles. The van der Waals surface area contributed by atoms with Crippen LogP contribution in [0.5, 0.6) is 0 Å². The minimum atomic E-state index is 0.336. The normalized spacial score (nSPS) is 25.3. The molecule has 0 amide bonds. The Morgan fingerprint density at radius 1 is 1.25 bits per heavy atom. The monoisotopic (exact) mass is 216 g/mol. The number of hydrogen-bond acceptors (Lipinski definition) is 1. The van der Waals surface area contributed by atoms with Crippen LogP contribution >= 0.6 is 0 Å². The van der Waals surface area contributed by atoms with Gasteiger partial charge in [-0.25, -0.2) is 0 Å². The first-order valence-corrected chi connectivity index (χ1v) is 6.30. The molecule has 0 spiro atoms. The molecule has 0 N–H and O–H groups in total. The van der Waals surface area contributed by atoms with Crippen molar-refractivity contribution in [1.82, 2.24) is 0 Å². The van der Waals surface area contributed by atoms with Crippen LogP contribution in [-0.4, -0.2) is 5.78 Å². The maximum atomic E-state index is 11.4. The van der Waals surface area contributed by atoms with Gasteiger partial charge in [0.1, 0.15) is 5.78 Å². The molecule has 0 aromatic heterocycles. The van der Waals surface area contributed by atoms with Crippen LogP contribution in [0, 0.1) is 11.8 Å². The number of rotatable bonds is 3. The third-order valence-electron chi connectivity index (χ3n) is 3.72. The number of Topliss-reactive ketones (excluding diaryl/α,β-unsaturated/α-hetero) is 1. The lowest BCUT2D eigenvalue weighted by molar-refractivity contribution is -0.122. The number of hydrogen-bond donors (Lipinski definition) is 0. The van der Waals surface area contributed by atoms with Crippen molar-refractivity contribution in [3.05, 3.63) is 35.9 Å². The van der Waals surface area contributed by atoms with Crippen molar-refractivity contribution >= 4 is 5.78 Å². The fourth-order valence-corrected chi connectivity index (χ4v) is 2.79. The number of benzene rings is 1. The quantitative estimate of drug-likeness (QED) is 0.754. The van der Waals surface area contributed by atoms with Gasteiger partial charge in [0.25, 0.3) is 0 Å². The van der Waals surface area contributed by atoms with Gasteiger partial charge in [-0.1, -0.05) is 43.2 Å². The van der Waals surface area contributed by atoms with E-state index in [9.17, 15) is 4.79 Å². The average Bonchev–Trinajstić information content (AvgIpc) is 2.30. The second kappa shape index (κ2) is 5.29. The van der Waals surface area contributed by atoms with Crippen LogP contribution in [0.4, 0.5) is 0 Å². The van der Waals surface area contributed by atoms with Crippen molar-refractivity contribution < 1.29 is 4.79 Å². The molecule has 1 fully saturated rings. The standard InChI is InChI=1S/C15H20O/c1-12(16)15-9-5-8-14(11-15)10-13-6-3-2-4-7-13/h2-4,6-7,14-15H,5,8-11H2,1H3/t14?,15-/m1/s1. The van der Waals surface area contributed by atoms with Crippen LogP contribution in [-0.2, 0) is 11.2 Å². The molecule has 1 aliphatic rings. The van der Waals surface area contributed by atoms with Crippen LogP contribution in [0.3, 0.4) is 0 Å². The van der Waals surface area contributed by atoms with Crippen molar-refractivity contribution in [2.75, 3.05) is 0 Å². The molecule has 1 nitrogen and oxygen atoms in total. The first-order valence-electron chi connectivity index (χ1n) is 6.30. The van der Waals surface area contributed by atoms with Gasteiger partial charge in [0.2, 0.25) is 0 Å². The minimum Gasteiger partial charge on any atom is -0.300 e. The molecule has 0 heterocycles. The van der Waals surface area contributed by atoms with E-state index >= 15 is 0 Å². The van der Waals surface area contributed by atoms with E-state index in [1.807, 2.05) is 0 Å². The fraction of sp³-hybridized carbons (Fsp3) is 0.533. The highest BCUT2D eigenvalue weighted by Gasteiger charge is 2.24. The minimum absolute atomic E-state index is 0.336. The number of ketones is 1. The predicted octanol–water partition coefficient (Wildman–Crippen LogP) is 3.62. The van der Waals surface area contributed by atoms with Gasteiger partial charge < -0.3 is 0 Å². The summed E-state index contributed by atoms with van der Waals surface area (Å²) >= 11 is 0. The van der Waals surface area contributed by atoms with Crippen molar-refractivity contribution in [3.63, 3.8) is 0 Å². The zero-order chi connectivity index (χ0) is 11.4. The van der Waals surface area contributed by atoms with Crippen LogP contribution in [0.15, 0.2) is 30.3 Å². The Morgan fingerprint density at radius 3 is 2.69 bits per heavy atom. The van der Waals surface area contributed by atoms with Gasteiger partial charge in [0.15, 0.2) is 0 Å². The summed E-state index contributed by atoms with van der Waals surface area (Å²) in [5.41, 5.74) is 1.41.